The van der Waals surface area contributed by atoms with Gasteiger partial charge in [-0.3, -0.25) is 0 Å². The number of carbonyl (C=O) groups is 1. The van der Waals surface area contributed by atoms with Crippen LogP contribution in [0.25, 0.3) is 0 Å². The van der Waals surface area contributed by atoms with E-state index in [0.29, 0.717) is 5.56 Å². The highest BCUT2D eigenvalue weighted by Crippen LogP contribution is 2.23. The van der Waals surface area contributed by atoms with Crippen molar-refractivity contribution in [2.75, 3.05) is 7.05 Å². The van der Waals surface area contributed by atoms with Crippen LogP contribution in [0, 0.1) is 5.82 Å². The molecule has 0 bridgehead atoms. The van der Waals surface area contributed by atoms with E-state index in [2.05, 4.69) is 5.32 Å². The normalized spacial score (nSPS) is 13.9. The summed E-state index contributed by atoms with van der Waals surface area (Å²) in [5, 5.41) is 28.8. The van der Waals surface area contributed by atoms with Crippen molar-refractivity contribution >= 4 is 5.97 Å². The summed E-state index contributed by atoms with van der Waals surface area (Å²) in [5.41, 5.74) is 0.491. The number of carboxylic acids is 1. The Kier molecular flexibility index (Phi) is 7.10. The number of rotatable bonds is 3. The van der Waals surface area contributed by atoms with E-state index in [4.69, 9.17) is 15.0 Å². The summed E-state index contributed by atoms with van der Waals surface area (Å²) < 4.78 is 44.4. The van der Waals surface area contributed by atoms with Crippen LogP contribution in [0.1, 0.15) is 18.6 Å². The van der Waals surface area contributed by atoms with Gasteiger partial charge in [0.25, 0.3) is 0 Å². The van der Waals surface area contributed by atoms with Crippen LogP contribution in [0.3, 0.4) is 0 Å². The summed E-state index contributed by atoms with van der Waals surface area (Å²) in [6.07, 6.45) is -5.84. The van der Waals surface area contributed by atoms with E-state index in [9.17, 15) is 22.7 Å². The predicted octanol–water partition coefficient (Wildman–Crippen LogP) is 1.81. The number of likely N-dealkylation sites (N-methyl/N-ethyl adjacent to an activating group) is 1. The lowest BCUT2D eigenvalue weighted by molar-refractivity contribution is -0.192. The van der Waals surface area contributed by atoms with Crippen LogP contribution in [0.15, 0.2) is 18.2 Å². The fourth-order valence-electron chi connectivity index (χ4n) is 1.16. The van der Waals surface area contributed by atoms with Crippen molar-refractivity contribution in [2.24, 2.45) is 0 Å². The zero-order chi connectivity index (χ0) is 16.8. The first-order valence-corrected chi connectivity index (χ1v) is 5.64. The largest absolute Gasteiger partial charge is 0.505 e. The molecule has 9 heteroatoms. The first kappa shape index (κ1) is 19.1. The second-order valence-corrected chi connectivity index (χ2v) is 4.04. The molecule has 4 N–H and O–H groups in total. The minimum absolute atomic E-state index is 0.153. The zero-order valence-electron chi connectivity index (χ0n) is 11.1. The fraction of sp³-hybridized carbons (Fsp3) is 0.417. The monoisotopic (exact) mass is 313 g/mol. The maximum atomic E-state index is 12.7. The summed E-state index contributed by atoms with van der Waals surface area (Å²) >= 11 is 0. The number of phenolic OH excluding ortho intramolecular Hbond substituents is 1. The molecule has 0 saturated heterocycles. The average Bonchev–Trinajstić information content (AvgIpc) is 2.39. The zero-order valence-corrected chi connectivity index (χ0v) is 11.1. The van der Waals surface area contributed by atoms with Crippen LogP contribution in [0.2, 0.25) is 0 Å². The molecule has 1 aromatic rings. The summed E-state index contributed by atoms with van der Waals surface area (Å²) in [4.78, 5) is 8.90. The molecule has 0 saturated carbocycles. The molecule has 5 nitrogen and oxygen atoms in total. The Morgan fingerprint density at radius 2 is 1.81 bits per heavy atom. The van der Waals surface area contributed by atoms with Gasteiger partial charge in [-0.05, 0) is 31.7 Å². The Balaban J connectivity index is 0.000000486. The molecule has 2 atom stereocenters. The third kappa shape index (κ3) is 6.41. The van der Waals surface area contributed by atoms with E-state index in [1.807, 2.05) is 0 Å². The molecule has 0 radical (unpaired) electrons. The van der Waals surface area contributed by atoms with E-state index < -0.39 is 29.8 Å². The van der Waals surface area contributed by atoms with E-state index in [1.54, 1.807) is 14.0 Å². The highest BCUT2D eigenvalue weighted by atomic mass is 19.4. The van der Waals surface area contributed by atoms with Gasteiger partial charge in [-0.1, -0.05) is 6.07 Å². The molecule has 1 rings (SSSR count). The number of alkyl halides is 3. The lowest BCUT2D eigenvalue weighted by Crippen LogP contribution is -2.28. The van der Waals surface area contributed by atoms with Crippen molar-refractivity contribution in [1.29, 1.82) is 0 Å². The van der Waals surface area contributed by atoms with Crippen molar-refractivity contribution in [3.8, 4) is 5.75 Å². The SMILES string of the molecule is CNC(C)C(O)c1ccc(F)c(O)c1.O=C(O)C(F)(F)F. The van der Waals surface area contributed by atoms with Gasteiger partial charge in [-0.2, -0.15) is 13.2 Å². The number of hydrogen-bond acceptors (Lipinski definition) is 4. The number of nitrogens with one attached hydrogen (secondary N) is 1. The number of halogens is 4. The molecule has 0 aromatic heterocycles. The summed E-state index contributed by atoms with van der Waals surface area (Å²) in [7, 11) is 1.72. The van der Waals surface area contributed by atoms with Gasteiger partial charge in [0, 0.05) is 6.04 Å². The van der Waals surface area contributed by atoms with Gasteiger partial charge in [-0.15, -0.1) is 0 Å². The molecule has 120 valence electrons. The number of carboxylic acid groups (broad SMARTS) is 1. The molecule has 1 aromatic carbocycles. The van der Waals surface area contributed by atoms with Crippen LogP contribution < -0.4 is 5.32 Å². The highest BCUT2D eigenvalue weighted by molar-refractivity contribution is 5.73. The summed E-state index contributed by atoms with van der Waals surface area (Å²) in [5.74, 6) is -3.88. The third-order valence-corrected chi connectivity index (χ3v) is 2.48. The van der Waals surface area contributed by atoms with Crippen LogP contribution in [0.5, 0.6) is 5.75 Å². The number of hydrogen-bond donors (Lipinski definition) is 4. The Morgan fingerprint density at radius 3 is 2.14 bits per heavy atom. The minimum Gasteiger partial charge on any atom is -0.505 e. The van der Waals surface area contributed by atoms with Crippen molar-refractivity contribution in [1.82, 2.24) is 5.32 Å². The average molecular weight is 313 g/mol. The number of aliphatic carboxylic acids is 1. The molecule has 0 aliphatic carbocycles. The Bertz CT molecular complexity index is 479. The van der Waals surface area contributed by atoms with Gasteiger partial charge in [0.2, 0.25) is 0 Å². The van der Waals surface area contributed by atoms with Gasteiger partial charge >= 0.3 is 12.1 Å². The fourth-order valence-corrected chi connectivity index (χ4v) is 1.16. The molecule has 0 heterocycles. The maximum Gasteiger partial charge on any atom is 0.490 e. The lowest BCUT2D eigenvalue weighted by Gasteiger charge is -2.18. The number of aliphatic hydroxyl groups excluding tert-OH is 1. The van der Waals surface area contributed by atoms with Gasteiger partial charge < -0.3 is 20.6 Å². The van der Waals surface area contributed by atoms with Crippen LogP contribution >= 0.6 is 0 Å². The van der Waals surface area contributed by atoms with Crippen LogP contribution in [-0.4, -0.2) is 40.6 Å². The first-order chi connectivity index (χ1) is 9.50. The quantitative estimate of drug-likeness (QED) is 0.639. The van der Waals surface area contributed by atoms with Gasteiger partial charge in [0.05, 0.1) is 6.10 Å². The molecule has 0 aliphatic rings. The standard InChI is InChI=1S/C10H14FNO2.C2HF3O2/c1-6(12-2)10(14)7-3-4-8(11)9(13)5-7;3-2(4,5)1(6)7/h3-6,10,12-14H,1-2H3;(H,6,7). The minimum atomic E-state index is -5.08. The van der Waals surface area contributed by atoms with Crippen molar-refractivity contribution in [3.63, 3.8) is 0 Å². The van der Waals surface area contributed by atoms with Crippen molar-refractivity contribution in [2.45, 2.75) is 25.2 Å². The van der Waals surface area contributed by atoms with Gasteiger partial charge in [0.15, 0.2) is 11.6 Å². The Hall–Kier alpha value is -1.87. The molecule has 0 aliphatic heterocycles. The molecular formula is C12H15F4NO4. The van der Waals surface area contributed by atoms with E-state index >= 15 is 0 Å². The smallest absolute Gasteiger partial charge is 0.490 e. The van der Waals surface area contributed by atoms with Gasteiger partial charge in [-0.25, -0.2) is 9.18 Å². The van der Waals surface area contributed by atoms with Crippen molar-refractivity contribution in [3.05, 3.63) is 29.6 Å². The molecule has 2 unspecified atom stereocenters. The number of aromatic hydroxyl groups is 1. The lowest BCUT2D eigenvalue weighted by atomic mass is 10.0. The first-order valence-electron chi connectivity index (χ1n) is 5.64. The second-order valence-electron chi connectivity index (χ2n) is 4.04. The van der Waals surface area contributed by atoms with Crippen LogP contribution in [0.4, 0.5) is 17.6 Å². The van der Waals surface area contributed by atoms with E-state index in [-0.39, 0.29) is 6.04 Å². The molecule has 0 amide bonds. The highest BCUT2D eigenvalue weighted by Gasteiger charge is 2.38. The Morgan fingerprint density at radius 1 is 1.33 bits per heavy atom. The summed E-state index contributed by atoms with van der Waals surface area (Å²) in [6, 6.07) is 3.66. The number of aliphatic hydroxyl groups is 1. The second kappa shape index (κ2) is 7.79. The Labute approximate surface area is 117 Å². The number of phenols is 1. The van der Waals surface area contributed by atoms with E-state index in [0.717, 1.165) is 6.07 Å². The summed E-state index contributed by atoms with van der Waals surface area (Å²) in [6.45, 7) is 1.80. The van der Waals surface area contributed by atoms with Crippen LogP contribution in [-0.2, 0) is 4.79 Å². The van der Waals surface area contributed by atoms with Crippen molar-refractivity contribution < 1.29 is 37.7 Å². The maximum absolute atomic E-state index is 12.7. The molecule has 21 heavy (non-hydrogen) atoms. The van der Waals surface area contributed by atoms with E-state index in [1.165, 1.54) is 12.1 Å². The topological polar surface area (TPSA) is 89.8 Å². The predicted molar refractivity (Wildman–Crippen MR) is 65.2 cm³/mol. The third-order valence-electron chi connectivity index (χ3n) is 2.48. The molecular weight excluding hydrogens is 298 g/mol. The number of benzene rings is 1. The molecule has 0 spiro atoms. The molecule has 0 fully saturated rings. The van der Waals surface area contributed by atoms with Gasteiger partial charge in [0.1, 0.15) is 0 Å².